The van der Waals surface area contributed by atoms with Crippen molar-refractivity contribution in [1.29, 1.82) is 0 Å². The van der Waals surface area contributed by atoms with Gasteiger partial charge in [0.25, 0.3) is 5.91 Å². The van der Waals surface area contributed by atoms with Crippen LogP contribution in [0.2, 0.25) is 0 Å². The molecule has 1 heterocycles. The lowest BCUT2D eigenvalue weighted by Gasteiger charge is -2.21. The number of furan rings is 1. The number of alkyl halides is 3. The Morgan fingerprint density at radius 1 is 1.15 bits per heavy atom. The van der Waals surface area contributed by atoms with E-state index in [0.717, 1.165) is 0 Å². The summed E-state index contributed by atoms with van der Waals surface area (Å²) >= 11 is 0. The lowest BCUT2D eigenvalue weighted by molar-refractivity contribution is -0.153. The topological polar surface area (TPSA) is 42.2 Å². The van der Waals surface area contributed by atoms with E-state index in [2.05, 4.69) is 0 Å². The summed E-state index contributed by atoms with van der Waals surface area (Å²) < 4.78 is 43.7. The molecule has 0 saturated heterocycles. The molecule has 0 unspecified atom stereocenters. The van der Waals surface area contributed by atoms with Crippen LogP contribution in [0, 0.1) is 0 Å². The van der Waals surface area contributed by atoms with Crippen LogP contribution in [-0.2, 0) is 6.42 Å². The molecule has 1 amide bonds. The highest BCUT2D eigenvalue weighted by atomic mass is 19.4. The van der Waals surface area contributed by atoms with Gasteiger partial charge in [-0.1, -0.05) is 30.3 Å². The highest BCUT2D eigenvalue weighted by Crippen LogP contribution is 2.23. The van der Waals surface area contributed by atoms with Crippen molar-refractivity contribution in [3.8, 4) is 0 Å². The van der Waals surface area contributed by atoms with E-state index in [-0.39, 0.29) is 12.2 Å². The van der Waals surface area contributed by atoms with E-state index in [1.165, 1.54) is 18.4 Å². The van der Waals surface area contributed by atoms with E-state index in [0.29, 0.717) is 5.56 Å². The molecule has 2 aromatic rings. The van der Waals surface area contributed by atoms with E-state index < -0.39 is 18.1 Å². The molecule has 0 bridgehead atoms. The number of benzene rings is 1. The van der Waals surface area contributed by atoms with Crippen LogP contribution in [0.5, 0.6) is 0 Å². The van der Waals surface area contributed by atoms with Gasteiger partial charge in [0.1, 0.15) is 6.04 Å². The standard InChI is InChI=1S/C14H12F3NO2/c15-14(16,17)12(9-10-5-2-1-3-6-10)18-13(19)11-7-4-8-20-11/h1-8,12H,9H2,(H,18,19)/t12-/m1/s1. The fourth-order valence-electron chi connectivity index (χ4n) is 1.74. The molecule has 0 aliphatic heterocycles. The lowest BCUT2D eigenvalue weighted by atomic mass is 10.1. The Kier molecular flexibility index (Phi) is 4.12. The van der Waals surface area contributed by atoms with E-state index in [1.807, 2.05) is 5.32 Å². The highest BCUT2D eigenvalue weighted by Gasteiger charge is 2.40. The summed E-state index contributed by atoms with van der Waals surface area (Å²) in [4.78, 5) is 11.6. The Balaban J connectivity index is 2.11. The number of hydrogen-bond donors (Lipinski definition) is 1. The molecule has 0 spiro atoms. The first kappa shape index (κ1) is 14.2. The Morgan fingerprint density at radius 3 is 2.40 bits per heavy atom. The molecule has 20 heavy (non-hydrogen) atoms. The second-order valence-electron chi connectivity index (χ2n) is 4.23. The van der Waals surface area contributed by atoms with E-state index in [9.17, 15) is 18.0 Å². The molecule has 0 radical (unpaired) electrons. The van der Waals surface area contributed by atoms with Gasteiger partial charge in [0.05, 0.1) is 6.26 Å². The van der Waals surface area contributed by atoms with Gasteiger partial charge in [0, 0.05) is 6.42 Å². The van der Waals surface area contributed by atoms with Crippen LogP contribution in [0.1, 0.15) is 16.1 Å². The monoisotopic (exact) mass is 283 g/mol. The van der Waals surface area contributed by atoms with Gasteiger partial charge >= 0.3 is 6.18 Å². The molecule has 0 fully saturated rings. The Hall–Kier alpha value is -2.24. The molecule has 6 heteroatoms. The SMILES string of the molecule is O=C(N[C@H](Cc1ccccc1)C(F)(F)F)c1ccco1. The molecule has 1 N–H and O–H groups in total. The van der Waals surface area contributed by atoms with Crippen LogP contribution in [0.25, 0.3) is 0 Å². The van der Waals surface area contributed by atoms with Gasteiger partial charge in [-0.25, -0.2) is 0 Å². The second-order valence-corrected chi connectivity index (χ2v) is 4.23. The first-order valence-electron chi connectivity index (χ1n) is 5.92. The van der Waals surface area contributed by atoms with Crippen LogP contribution in [0.4, 0.5) is 13.2 Å². The van der Waals surface area contributed by atoms with Crippen molar-refractivity contribution >= 4 is 5.91 Å². The summed E-state index contributed by atoms with van der Waals surface area (Å²) in [5.74, 6) is -1.03. The Morgan fingerprint density at radius 2 is 1.85 bits per heavy atom. The van der Waals surface area contributed by atoms with Gasteiger partial charge in [0.2, 0.25) is 0 Å². The fraction of sp³-hybridized carbons (Fsp3) is 0.214. The first-order valence-corrected chi connectivity index (χ1v) is 5.92. The van der Waals surface area contributed by atoms with Crippen molar-refractivity contribution in [1.82, 2.24) is 5.32 Å². The van der Waals surface area contributed by atoms with E-state index in [1.54, 1.807) is 30.3 Å². The zero-order valence-corrected chi connectivity index (χ0v) is 10.4. The summed E-state index contributed by atoms with van der Waals surface area (Å²) in [6.07, 6.45) is -3.62. The zero-order valence-electron chi connectivity index (χ0n) is 10.4. The summed E-state index contributed by atoms with van der Waals surface area (Å²) in [6.45, 7) is 0. The molecule has 1 aromatic carbocycles. The third kappa shape index (κ3) is 3.63. The summed E-state index contributed by atoms with van der Waals surface area (Å²) in [7, 11) is 0. The second kappa shape index (κ2) is 5.81. The van der Waals surface area contributed by atoms with Crippen molar-refractivity contribution in [3.05, 3.63) is 60.1 Å². The maximum absolute atomic E-state index is 13.0. The van der Waals surface area contributed by atoms with E-state index >= 15 is 0 Å². The maximum Gasteiger partial charge on any atom is 0.408 e. The molecule has 1 atom stereocenters. The third-order valence-corrected chi connectivity index (χ3v) is 2.73. The highest BCUT2D eigenvalue weighted by molar-refractivity contribution is 5.91. The van der Waals surface area contributed by atoms with Crippen LogP contribution >= 0.6 is 0 Å². The average Bonchev–Trinajstić information content (AvgIpc) is 2.92. The largest absolute Gasteiger partial charge is 0.459 e. The lowest BCUT2D eigenvalue weighted by Crippen LogP contribution is -2.46. The Labute approximate surface area is 113 Å². The number of rotatable bonds is 4. The normalized spacial score (nSPS) is 12.9. The quantitative estimate of drug-likeness (QED) is 0.936. The number of halogens is 3. The molecule has 2 rings (SSSR count). The number of nitrogens with one attached hydrogen (secondary N) is 1. The van der Waals surface area contributed by atoms with Gasteiger partial charge in [-0.3, -0.25) is 4.79 Å². The molecule has 0 saturated carbocycles. The Bertz CT molecular complexity index is 550. The molecular weight excluding hydrogens is 271 g/mol. The van der Waals surface area contributed by atoms with Gasteiger partial charge in [0.15, 0.2) is 5.76 Å². The minimum Gasteiger partial charge on any atom is -0.459 e. The van der Waals surface area contributed by atoms with Gasteiger partial charge in [-0.15, -0.1) is 0 Å². The summed E-state index contributed by atoms with van der Waals surface area (Å²) in [5.41, 5.74) is 0.495. The van der Waals surface area contributed by atoms with Crippen LogP contribution in [0.15, 0.2) is 53.1 Å². The molecule has 3 nitrogen and oxygen atoms in total. The van der Waals surface area contributed by atoms with Gasteiger partial charge < -0.3 is 9.73 Å². The molecule has 0 aliphatic rings. The summed E-state index contributed by atoms with van der Waals surface area (Å²) in [6, 6.07) is 8.97. The van der Waals surface area contributed by atoms with Crippen molar-refractivity contribution in [2.75, 3.05) is 0 Å². The predicted octanol–water partition coefficient (Wildman–Crippen LogP) is 3.18. The van der Waals surface area contributed by atoms with Crippen molar-refractivity contribution in [2.24, 2.45) is 0 Å². The third-order valence-electron chi connectivity index (χ3n) is 2.73. The van der Waals surface area contributed by atoms with Crippen LogP contribution < -0.4 is 5.32 Å². The maximum atomic E-state index is 13.0. The van der Waals surface area contributed by atoms with Crippen molar-refractivity contribution in [3.63, 3.8) is 0 Å². The van der Waals surface area contributed by atoms with Crippen LogP contribution in [-0.4, -0.2) is 18.1 Å². The van der Waals surface area contributed by atoms with Crippen molar-refractivity contribution in [2.45, 2.75) is 18.6 Å². The number of carbonyl (C=O) groups excluding carboxylic acids is 1. The predicted molar refractivity (Wildman–Crippen MR) is 66.2 cm³/mol. The molecule has 106 valence electrons. The number of hydrogen-bond acceptors (Lipinski definition) is 2. The minimum atomic E-state index is -4.53. The van der Waals surface area contributed by atoms with Crippen LogP contribution in [0.3, 0.4) is 0 Å². The number of carbonyl (C=O) groups is 1. The molecule has 0 aliphatic carbocycles. The average molecular weight is 283 g/mol. The van der Waals surface area contributed by atoms with E-state index in [4.69, 9.17) is 4.42 Å². The zero-order chi connectivity index (χ0) is 14.6. The minimum absolute atomic E-state index is 0.146. The fourth-order valence-corrected chi connectivity index (χ4v) is 1.74. The van der Waals surface area contributed by atoms with Gasteiger partial charge in [-0.2, -0.15) is 13.2 Å². The summed E-state index contributed by atoms with van der Waals surface area (Å²) in [5, 5.41) is 1.95. The number of amides is 1. The first-order chi connectivity index (χ1) is 9.47. The van der Waals surface area contributed by atoms with Gasteiger partial charge in [-0.05, 0) is 17.7 Å². The van der Waals surface area contributed by atoms with Crippen molar-refractivity contribution < 1.29 is 22.4 Å². The molecule has 1 aromatic heterocycles. The smallest absolute Gasteiger partial charge is 0.408 e. The molecular formula is C14H12F3NO2.